The Kier molecular flexibility index (Phi) is 16.8. The van der Waals surface area contributed by atoms with Crippen LogP contribution in [0.2, 0.25) is 0 Å². The molecule has 0 N–H and O–H groups in total. The summed E-state index contributed by atoms with van der Waals surface area (Å²) < 4.78 is 2.56. The highest BCUT2D eigenvalue weighted by atomic mass is 15.2. The first-order valence-corrected chi connectivity index (χ1v) is 37.9. The molecule has 0 saturated heterocycles. The number of aromatic nitrogens is 1. The number of para-hydroxylation sites is 2. The van der Waals surface area contributed by atoms with Crippen LogP contribution in [0.1, 0.15) is 101 Å². The van der Waals surface area contributed by atoms with Gasteiger partial charge in [0.1, 0.15) is 0 Å². The summed E-state index contributed by atoms with van der Waals surface area (Å²) in [6.45, 7) is 18.4. The van der Waals surface area contributed by atoms with E-state index in [0.29, 0.717) is 11.8 Å². The summed E-state index contributed by atoms with van der Waals surface area (Å²) in [5.74, 6) is 1.29. The second-order valence-electron chi connectivity index (χ2n) is 30.3. The molecule has 4 heteroatoms. The molecule has 1 aromatic heterocycles. The third-order valence-corrected chi connectivity index (χ3v) is 22.5. The van der Waals surface area contributed by atoms with Crippen LogP contribution in [-0.2, 0) is 0 Å². The molecular formula is C102H84BN3. The second-order valence-corrected chi connectivity index (χ2v) is 30.3. The molecule has 2 aliphatic heterocycles. The number of nitrogens with zero attached hydrogens (tertiary/aromatic N) is 3. The van der Waals surface area contributed by atoms with Crippen molar-refractivity contribution in [3.63, 3.8) is 0 Å². The molecule has 106 heavy (non-hydrogen) atoms. The summed E-state index contributed by atoms with van der Waals surface area (Å²) in [4.78, 5) is 5.47. The number of hydrogen-bond acceptors (Lipinski definition) is 2. The monoisotopic (exact) mass is 1360 g/mol. The van der Waals surface area contributed by atoms with Gasteiger partial charge in [-0.05, 0) is 190 Å². The van der Waals surface area contributed by atoms with E-state index < -0.39 is 0 Å². The van der Waals surface area contributed by atoms with Gasteiger partial charge in [0.05, 0.1) is 28.1 Å². The lowest BCUT2D eigenvalue weighted by Crippen LogP contribution is -2.61. The van der Waals surface area contributed by atoms with E-state index in [9.17, 15) is 0 Å². The molecule has 510 valence electrons. The van der Waals surface area contributed by atoms with Crippen molar-refractivity contribution in [1.29, 1.82) is 0 Å². The van der Waals surface area contributed by atoms with Crippen LogP contribution >= 0.6 is 0 Å². The number of rotatable bonds is 15. The molecule has 3 nitrogen and oxygen atoms in total. The first-order chi connectivity index (χ1) is 51.9. The zero-order valence-corrected chi connectivity index (χ0v) is 61.6. The Morgan fingerprint density at radius 1 is 0.236 bits per heavy atom. The maximum absolute atomic E-state index is 2.74. The standard InChI is InChI=1S/C102H84BN3/c1-65(2)75-47-51-82(86(55-75)67(5)6)77-49-53-92-96(61-77)105(101-88(71-35-19-11-20-36-71)57-79(69-31-15-9-16-32-69)58-89(101)72-37-21-12-22-38-72)98-63-81(104-94-45-29-27-43-84(94)85-44-28-30-46-95(85)104)64-99-100(98)103(92)93-54-50-78(83-52-48-76(66(3)4)56-87(83)68(7)8)62-97(93)106(99)102-90(73-39-23-13-24-40-73)59-80(70-33-17-10-18-34-70)60-91(102)74-41-25-14-26-42-74/h9-68H,1-8H3. The lowest BCUT2D eigenvalue weighted by atomic mass is 9.33. The lowest BCUT2D eigenvalue weighted by molar-refractivity contribution is 0.835. The van der Waals surface area contributed by atoms with E-state index >= 15 is 0 Å². The number of benzene rings is 15. The second kappa shape index (κ2) is 27.1. The molecule has 0 radical (unpaired) electrons. The molecule has 0 bridgehead atoms. The maximum Gasteiger partial charge on any atom is 0.252 e. The molecule has 0 atom stereocenters. The van der Waals surface area contributed by atoms with Gasteiger partial charge in [-0.1, -0.05) is 334 Å². The third-order valence-electron chi connectivity index (χ3n) is 22.5. The van der Waals surface area contributed by atoms with Crippen LogP contribution in [-0.4, -0.2) is 11.3 Å². The van der Waals surface area contributed by atoms with Gasteiger partial charge in [-0.3, -0.25) is 0 Å². The van der Waals surface area contributed by atoms with Gasteiger partial charge in [-0.2, -0.15) is 0 Å². The number of fused-ring (bicyclic) bond motifs is 7. The Labute approximate surface area is 625 Å². The van der Waals surface area contributed by atoms with Crippen LogP contribution in [0.3, 0.4) is 0 Å². The maximum atomic E-state index is 2.74. The summed E-state index contributed by atoms with van der Waals surface area (Å²) in [5.41, 5.74) is 37.7. The number of anilines is 6. The Hall–Kier alpha value is -12.2. The van der Waals surface area contributed by atoms with Gasteiger partial charge in [0.2, 0.25) is 0 Å². The van der Waals surface area contributed by atoms with Crippen molar-refractivity contribution in [2.45, 2.75) is 79.1 Å². The van der Waals surface area contributed by atoms with E-state index in [2.05, 4.69) is 409 Å². The van der Waals surface area contributed by atoms with Crippen molar-refractivity contribution in [3.8, 4) is 94.7 Å². The van der Waals surface area contributed by atoms with E-state index in [0.717, 1.165) is 118 Å². The molecule has 2 aliphatic rings. The highest BCUT2D eigenvalue weighted by molar-refractivity contribution is 7.00. The van der Waals surface area contributed by atoms with Crippen LogP contribution in [0, 0.1) is 0 Å². The van der Waals surface area contributed by atoms with Gasteiger partial charge in [0.25, 0.3) is 6.71 Å². The Morgan fingerprint density at radius 3 is 0.887 bits per heavy atom. The molecule has 0 spiro atoms. The lowest BCUT2D eigenvalue weighted by Gasteiger charge is -2.46. The molecule has 0 amide bonds. The fraction of sp³-hybridized carbons (Fsp3) is 0.118. The van der Waals surface area contributed by atoms with Gasteiger partial charge in [0, 0.05) is 55.8 Å². The van der Waals surface area contributed by atoms with Gasteiger partial charge >= 0.3 is 0 Å². The summed E-state index contributed by atoms with van der Waals surface area (Å²) in [6.07, 6.45) is 0. The predicted octanol–water partition coefficient (Wildman–Crippen LogP) is 26.7. The van der Waals surface area contributed by atoms with Crippen molar-refractivity contribution < 1.29 is 0 Å². The molecule has 18 rings (SSSR count). The molecule has 0 fully saturated rings. The summed E-state index contributed by atoms with van der Waals surface area (Å²) in [5, 5.41) is 2.41. The van der Waals surface area contributed by atoms with Gasteiger partial charge < -0.3 is 14.4 Å². The Balaban J connectivity index is 1.06. The van der Waals surface area contributed by atoms with Crippen molar-refractivity contribution in [1.82, 2.24) is 4.57 Å². The van der Waals surface area contributed by atoms with Crippen molar-refractivity contribution in [2.75, 3.05) is 9.80 Å². The highest BCUT2D eigenvalue weighted by Crippen LogP contribution is 2.56. The molecule has 16 aromatic rings. The normalized spacial score (nSPS) is 12.4. The van der Waals surface area contributed by atoms with Gasteiger partial charge in [-0.25, -0.2) is 0 Å². The van der Waals surface area contributed by atoms with Crippen LogP contribution in [0.5, 0.6) is 0 Å². The SMILES string of the molecule is CC(C)c1ccc(-c2ccc3c(c2)N(c2c(-c4ccccc4)cc(-c4ccccc4)cc2-c2ccccc2)c2cc(-n4c5ccccc5c5ccccc54)cc4c2B3c2ccc(-c3ccc(C(C)C)cc3C(C)C)cc2N4c2c(-c3ccccc3)cc(-c3ccccc3)cc2-c2ccccc2)c(C(C)C)c1. The van der Waals surface area contributed by atoms with E-state index in [4.69, 9.17) is 0 Å². The molecule has 3 heterocycles. The van der Waals surface area contributed by atoms with Crippen LogP contribution in [0.15, 0.2) is 340 Å². The molecular weight excluding hydrogens is 1280 g/mol. The quantitative estimate of drug-likeness (QED) is 0.0948. The first kappa shape index (κ1) is 65.8. The zero-order chi connectivity index (χ0) is 71.8. The smallest absolute Gasteiger partial charge is 0.252 e. The van der Waals surface area contributed by atoms with Gasteiger partial charge in [0.15, 0.2) is 0 Å². The van der Waals surface area contributed by atoms with Crippen LogP contribution in [0.4, 0.5) is 34.1 Å². The predicted molar refractivity (Wildman–Crippen MR) is 455 cm³/mol. The minimum absolute atomic E-state index is 0.258. The van der Waals surface area contributed by atoms with Gasteiger partial charge in [-0.15, -0.1) is 0 Å². The first-order valence-electron chi connectivity index (χ1n) is 37.9. The Bertz CT molecular complexity index is 5530. The number of hydrogen-bond donors (Lipinski definition) is 0. The fourth-order valence-electron chi connectivity index (χ4n) is 17.2. The highest BCUT2D eigenvalue weighted by Gasteiger charge is 2.46. The summed E-state index contributed by atoms with van der Waals surface area (Å²) in [6, 6.07) is 129. The summed E-state index contributed by atoms with van der Waals surface area (Å²) in [7, 11) is 0. The van der Waals surface area contributed by atoms with E-state index in [1.54, 1.807) is 0 Å². The van der Waals surface area contributed by atoms with E-state index in [-0.39, 0.29) is 18.5 Å². The molecule has 0 saturated carbocycles. The minimum atomic E-state index is -0.258. The molecule has 15 aromatic carbocycles. The van der Waals surface area contributed by atoms with E-state index in [1.165, 1.54) is 71.7 Å². The zero-order valence-electron chi connectivity index (χ0n) is 61.6. The Morgan fingerprint density at radius 2 is 0.557 bits per heavy atom. The molecule has 0 unspecified atom stereocenters. The van der Waals surface area contributed by atoms with Crippen molar-refractivity contribution in [3.05, 3.63) is 362 Å². The molecule has 0 aliphatic carbocycles. The van der Waals surface area contributed by atoms with Crippen LogP contribution < -0.4 is 26.2 Å². The van der Waals surface area contributed by atoms with Crippen molar-refractivity contribution in [2.24, 2.45) is 0 Å². The fourth-order valence-corrected chi connectivity index (χ4v) is 17.2. The third kappa shape index (κ3) is 11.4. The average molecular weight is 1360 g/mol. The average Bonchev–Trinajstić information content (AvgIpc) is 0.709. The largest absolute Gasteiger partial charge is 0.310 e. The summed E-state index contributed by atoms with van der Waals surface area (Å²) >= 11 is 0. The van der Waals surface area contributed by atoms with E-state index in [1.807, 2.05) is 0 Å². The van der Waals surface area contributed by atoms with Crippen molar-refractivity contribution >= 4 is 79.0 Å². The minimum Gasteiger partial charge on any atom is -0.310 e. The topological polar surface area (TPSA) is 11.4 Å². The van der Waals surface area contributed by atoms with Crippen LogP contribution in [0.25, 0.3) is 117 Å².